The van der Waals surface area contributed by atoms with Crippen LogP contribution in [0.1, 0.15) is 28.9 Å². The lowest BCUT2D eigenvalue weighted by molar-refractivity contribution is 0.203. The second kappa shape index (κ2) is 6.32. The first-order valence-electron chi connectivity index (χ1n) is 7.20. The Morgan fingerprint density at radius 3 is 2.62 bits per heavy atom. The maximum atomic E-state index is 13.9. The second-order valence-corrected chi connectivity index (χ2v) is 5.36. The molecular formula is C16H15F2N5O. The van der Waals surface area contributed by atoms with Crippen LogP contribution in [0.15, 0.2) is 30.3 Å². The van der Waals surface area contributed by atoms with Crippen LogP contribution in [-0.2, 0) is 0 Å². The number of anilines is 2. The fourth-order valence-electron chi connectivity index (χ4n) is 2.26. The van der Waals surface area contributed by atoms with Gasteiger partial charge in [-0.15, -0.1) is 0 Å². The summed E-state index contributed by atoms with van der Waals surface area (Å²) in [6.45, 7) is 3.56. The van der Waals surface area contributed by atoms with Gasteiger partial charge in [-0.05, 0) is 19.9 Å². The van der Waals surface area contributed by atoms with Gasteiger partial charge in [-0.25, -0.2) is 18.7 Å². The van der Waals surface area contributed by atoms with E-state index in [9.17, 15) is 13.9 Å². The van der Waals surface area contributed by atoms with E-state index in [1.54, 1.807) is 19.1 Å². The molecule has 24 heavy (non-hydrogen) atoms. The number of aromatic nitrogens is 4. The van der Waals surface area contributed by atoms with Crippen molar-refractivity contribution in [2.24, 2.45) is 0 Å². The zero-order valence-corrected chi connectivity index (χ0v) is 13.0. The van der Waals surface area contributed by atoms with Crippen molar-refractivity contribution in [2.75, 3.05) is 5.32 Å². The fourth-order valence-corrected chi connectivity index (χ4v) is 2.26. The third kappa shape index (κ3) is 3.23. The minimum Gasteiger partial charge on any atom is -0.380 e. The number of hydrogen-bond acceptors (Lipinski definition) is 5. The van der Waals surface area contributed by atoms with Gasteiger partial charge < -0.3 is 10.4 Å². The molecule has 124 valence electrons. The first-order chi connectivity index (χ1) is 11.4. The third-order valence-corrected chi connectivity index (χ3v) is 3.35. The van der Waals surface area contributed by atoms with Gasteiger partial charge in [-0.2, -0.15) is 5.10 Å². The molecule has 1 aromatic carbocycles. The molecule has 0 fully saturated rings. The Labute approximate surface area is 136 Å². The van der Waals surface area contributed by atoms with Crippen LogP contribution < -0.4 is 5.32 Å². The monoisotopic (exact) mass is 331 g/mol. The Hall–Kier alpha value is -2.87. The van der Waals surface area contributed by atoms with Gasteiger partial charge in [0.1, 0.15) is 11.9 Å². The highest BCUT2D eigenvalue weighted by molar-refractivity contribution is 5.52. The summed E-state index contributed by atoms with van der Waals surface area (Å²) in [4.78, 5) is 8.28. The number of hydrogen-bond donors (Lipinski definition) is 3. The number of nitrogens with one attached hydrogen (secondary N) is 2. The van der Waals surface area contributed by atoms with Gasteiger partial charge in [0, 0.05) is 29.1 Å². The predicted molar refractivity (Wildman–Crippen MR) is 83.8 cm³/mol. The molecule has 0 saturated carbocycles. The summed E-state index contributed by atoms with van der Waals surface area (Å²) < 4.78 is 27.2. The van der Waals surface area contributed by atoms with E-state index in [1.807, 2.05) is 6.92 Å². The molecule has 0 amide bonds. The van der Waals surface area contributed by atoms with E-state index in [0.29, 0.717) is 17.3 Å². The lowest BCUT2D eigenvalue weighted by Gasteiger charge is -2.13. The highest BCUT2D eigenvalue weighted by atomic mass is 19.2. The first kappa shape index (κ1) is 16.0. The van der Waals surface area contributed by atoms with Crippen molar-refractivity contribution in [3.8, 4) is 0 Å². The average Bonchev–Trinajstić information content (AvgIpc) is 2.94. The van der Waals surface area contributed by atoms with Crippen LogP contribution in [0.4, 0.5) is 20.4 Å². The third-order valence-electron chi connectivity index (χ3n) is 3.35. The Morgan fingerprint density at radius 2 is 1.92 bits per heavy atom. The molecular weight excluding hydrogens is 316 g/mol. The number of aryl methyl sites for hydroxylation is 2. The van der Waals surface area contributed by atoms with Crippen LogP contribution in [0, 0.1) is 25.5 Å². The summed E-state index contributed by atoms with van der Waals surface area (Å²) in [5.41, 5.74) is 1.21. The molecule has 0 bridgehead atoms. The van der Waals surface area contributed by atoms with Crippen LogP contribution in [-0.4, -0.2) is 25.3 Å². The van der Waals surface area contributed by atoms with E-state index in [2.05, 4.69) is 25.5 Å². The van der Waals surface area contributed by atoms with E-state index in [4.69, 9.17) is 0 Å². The molecule has 8 heteroatoms. The topological polar surface area (TPSA) is 86.7 Å². The van der Waals surface area contributed by atoms with Gasteiger partial charge in [0.25, 0.3) is 0 Å². The fraction of sp³-hybridized carbons (Fsp3) is 0.188. The highest BCUT2D eigenvalue weighted by Gasteiger charge is 2.21. The number of H-pyrrole nitrogens is 1. The summed E-state index contributed by atoms with van der Waals surface area (Å²) in [5.74, 6) is -1.26. The standard InChI is InChI=1S/C16H15F2N5O/c1-8-6-12(20-13-7-9(2)22-23-13)21-16(19-8)15(24)10-4-3-5-11(17)14(10)18/h3-7,15,24H,1-2H3,(H2,19,20,21,22,23). The van der Waals surface area contributed by atoms with Crippen molar-refractivity contribution in [1.82, 2.24) is 20.2 Å². The van der Waals surface area contributed by atoms with Crippen LogP contribution in [0.25, 0.3) is 0 Å². The molecule has 0 saturated heterocycles. The molecule has 1 unspecified atom stereocenters. The Balaban J connectivity index is 1.94. The SMILES string of the molecule is Cc1cc(Nc2cc(C)[nH]n2)nc(C(O)c2cccc(F)c2F)n1. The molecule has 0 aliphatic rings. The average molecular weight is 331 g/mol. The maximum absolute atomic E-state index is 13.9. The number of aliphatic hydroxyl groups is 1. The molecule has 2 heterocycles. The Morgan fingerprint density at radius 1 is 1.12 bits per heavy atom. The first-order valence-corrected chi connectivity index (χ1v) is 7.20. The maximum Gasteiger partial charge on any atom is 0.165 e. The summed E-state index contributed by atoms with van der Waals surface area (Å²) in [6, 6.07) is 7.02. The largest absolute Gasteiger partial charge is 0.380 e. The van der Waals surface area contributed by atoms with E-state index < -0.39 is 17.7 Å². The molecule has 2 aromatic heterocycles. The highest BCUT2D eigenvalue weighted by Crippen LogP contribution is 2.25. The van der Waals surface area contributed by atoms with E-state index >= 15 is 0 Å². The quantitative estimate of drug-likeness (QED) is 0.684. The van der Waals surface area contributed by atoms with Gasteiger partial charge in [-0.3, -0.25) is 5.10 Å². The molecule has 0 spiro atoms. The lowest BCUT2D eigenvalue weighted by atomic mass is 10.1. The molecule has 0 aliphatic carbocycles. The molecule has 1 atom stereocenters. The smallest absolute Gasteiger partial charge is 0.165 e. The van der Waals surface area contributed by atoms with Gasteiger partial charge in [0.05, 0.1) is 0 Å². The molecule has 0 radical (unpaired) electrons. The van der Waals surface area contributed by atoms with Gasteiger partial charge >= 0.3 is 0 Å². The van der Waals surface area contributed by atoms with Crippen molar-refractivity contribution in [3.05, 3.63) is 64.7 Å². The number of nitrogens with zero attached hydrogens (tertiary/aromatic N) is 3. The molecule has 3 aromatic rings. The normalized spacial score (nSPS) is 12.2. The van der Waals surface area contributed by atoms with Crippen molar-refractivity contribution < 1.29 is 13.9 Å². The number of halogens is 2. The van der Waals surface area contributed by atoms with Gasteiger partial charge in [-0.1, -0.05) is 12.1 Å². The number of aliphatic hydroxyl groups excluding tert-OH is 1. The summed E-state index contributed by atoms with van der Waals surface area (Å²) in [5, 5.41) is 20.1. The molecule has 6 nitrogen and oxygen atoms in total. The minimum absolute atomic E-state index is 0.0331. The van der Waals surface area contributed by atoms with Crippen molar-refractivity contribution >= 4 is 11.6 Å². The zero-order chi connectivity index (χ0) is 17.3. The summed E-state index contributed by atoms with van der Waals surface area (Å²) >= 11 is 0. The van der Waals surface area contributed by atoms with E-state index in [-0.39, 0.29) is 11.4 Å². The van der Waals surface area contributed by atoms with Crippen LogP contribution >= 0.6 is 0 Å². The van der Waals surface area contributed by atoms with Crippen LogP contribution in [0.2, 0.25) is 0 Å². The lowest BCUT2D eigenvalue weighted by Crippen LogP contribution is -2.10. The van der Waals surface area contributed by atoms with Crippen molar-refractivity contribution in [1.29, 1.82) is 0 Å². The summed E-state index contributed by atoms with van der Waals surface area (Å²) in [7, 11) is 0. The van der Waals surface area contributed by atoms with Crippen molar-refractivity contribution in [3.63, 3.8) is 0 Å². The molecule has 0 aliphatic heterocycles. The van der Waals surface area contributed by atoms with Gasteiger partial charge in [0.15, 0.2) is 23.3 Å². The Bertz CT molecular complexity index is 881. The minimum atomic E-state index is -1.48. The molecule has 3 rings (SSSR count). The second-order valence-electron chi connectivity index (χ2n) is 5.36. The zero-order valence-electron chi connectivity index (χ0n) is 13.0. The van der Waals surface area contributed by atoms with Crippen LogP contribution in [0.5, 0.6) is 0 Å². The van der Waals surface area contributed by atoms with Crippen molar-refractivity contribution in [2.45, 2.75) is 20.0 Å². The number of benzene rings is 1. The predicted octanol–water partition coefficient (Wildman–Crippen LogP) is 2.92. The number of aromatic amines is 1. The van der Waals surface area contributed by atoms with Gasteiger partial charge in [0.2, 0.25) is 0 Å². The van der Waals surface area contributed by atoms with E-state index in [0.717, 1.165) is 11.8 Å². The van der Waals surface area contributed by atoms with Crippen LogP contribution in [0.3, 0.4) is 0 Å². The van der Waals surface area contributed by atoms with E-state index in [1.165, 1.54) is 12.1 Å². The Kier molecular flexibility index (Phi) is 4.22. The number of rotatable bonds is 4. The molecule has 3 N–H and O–H groups in total. The summed E-state index contributed by atoms with van der Waals surface area (Å²) in [6.07, 6.45) is -1.48.